The third-order valence-electron chi connectivity index (χ3n) is 21.0. The van der Waals surface area contributed by atoms with Gasteiger partial charge < -0.3 is 89.7 Å². The van der Waals surface area contributed by atoms with Gasteiger partial charge in [-0.15, -0.1) is 0 Å². The molecule has 6 amide bonds. The minimum atomic E-state index is -4.82. The summed E-state index contributed by atoms with van der Waals surface area (Å²) in [6.07, 6.45) is 1.65. The zero-order valence-corrected chi connectivity index (χ0v) is 69.4. The Labute approximate surface area is 698 Å². The number of carbonyl (C=O) groups excluding carboxylic acids is 6. The van der Waals surface area contributed by atoms with Crippen molar-refractivity contribution >= 4 is 93.6 Å². The molecule has 2 atom stereocenters. The summed E-state index contributed by atoms with van der Waals surface area (Å²) in [5, 5.41) is 17.6. The van der Waals surface area contributed by atoms with Crippen LogP contribution in [0.2, 0.25) is 10.0 Å². The lowest BCUT2D eigenvalue weighted by molar-refractivity contribution is -0.139. The molecule has 8 heterocycles. The maximum atomic E-state index is 15.1. The molecule has 0 saturated carbocycles. The van der Waals surface area contributed by atoms with E-state index in [1.165, 1.54) is 62.9 Å². The van der Waals surface area contributed by atoms with Gasteiger partial charge in [0.15, 0.2) is 0 Å². The van der Waals surface area contributed by atoms with Crippen molar-refractivity contribution in [2.45, 2.75) is 83.3 Å². The van der Waals surface area contributed by atoms with Gasteiger partial charge in [-0.1, -0.05) is 59.6 Å². The predicted octanol–water partition coefficient (Wildman–Crippen LogP) is 13.8. The molecule has 120 heavy (non-hydrogen) atoms. The number of aromatic nitrogens is 6. The molecule has 6 N–H and O–H groups in total. The van der Waals surface area contributed by atoms with E-state index >= 15 is 8.78 Å². The van der Waals surface area contributed by atoms with Crippen LogP contribution in [0, 0.1) is 18.6 Å². The van der Waals surface area contributed by atoms with Gasteiger partial charge in [-0.25, -0.2) is 23.7 Å². The maximum absolute atomic E-state index is 15.1. The number of likely N-dealkylation sites (N-methyl/N-ethyl adjacent to an activating group) is 1. The Balaban J connectivity index is 0.000000165. The standard InChI is InChI=1S/2C28H30ClFN6O4.C27H29F3N6O4/c2*1-15-17-6-5-7-22(24(17)27(38)36(15)3)40-26-19(29)14-31-28(34-26)33-21-13-20(30)18(12-23(21)39-4)25(37)32-16-8-10-35(2)11-9-16;1-15-11-19(21(39-5)12-17(15)23(37)31-9-10-35(2)3)33-26-32-13-18(27(28,29)30)24(34-26)40-20-8-6-7-16-14-36(4)25(38)22(16)20/h2*5-7,12-16H,8-11H2,1-4H3,(H,32,37)(H,31,33,34);6-8,11-13H,9-10,14H2,1-5H3,(H,31,37)(H,32,33,34)/t2*15-;/m10./s1. The van der Waals surface area contributed by atoms with Crippen LogP contribution in [-0.2, 0) is 12.7 Å². The molecule has 37 heteroatoms. The number of amides is 6. The summed E-state index contributed by atoms with van der Waals surface area (Å²) in [4.78, 5) is 112. The molecule has 0 unspecified atom stereocenters. The molecular formula is C83H89Cl2F5N18O12. The van der Waals surface area contributed by atoms with Gasteiger partial charge in [-0.3, -0.25) is 28.8 Å². The van der Waals surface area contributed by atoms with Crippen molar-refractivity contribution in [1.29, 1.82) is 0 Å². The fraction of sp³-hybridized carbons (Fsp3) is 0.349. The average Bonchev–Trinajstić information content (AvgIpc) is 1.64. The first-order chi connectivity index (χ1) is 57.2. The SMILES string of the molecule is COc1cc(C(=O)NC2CCN(C)CC2)c(F)cc1Nc1ncc(Cl)c(Oc2cccc3c2C(=O)N(C)[C@@H]3C)n1.COc1cc(C(=O)NC2CCN(C)CC2)c(F)cc1Nc1ncc(Cl)c(Oc2cccc3c2C(=O)N(C)[C@H]3C)n1.COc1cc(C(=O)NCCN(C)C)c(C)cc1Nc1ncc(C(F)(F)F)c(Oc2cccc3c2C(=O)N(C)C3)n1. The Morgan fingerprint density at radius 3 is 1.36 bits per heavy atom. The van der Waals surface area contributed by atoms with Crippen LogP contribution in [-0.4, -0.2) is 217 Å². The van der Waals surface area contributed by atoms with Crippen LogP contribution >= 0.6 is 23.2 Å². The van der Waals surface area contributed by atoms with Gasteiger partial charge >= 0.3 is 6.18 Å². The largest absolute Gasteiger partial charge is 0.495 e. The number of benzene rings is 6. The van der Waals surface area contributed by atoms with E-state index in [1.807, 2.05) is 59.1 Å². The number of methoxy groups -OCH3 is 3. The number of rotatable bonds is 23. The fourth-order valence-corrected chi connectivity index (χ4v) is 14.2. The van der Waals surface area contributed by atoms with Crippen molar-refractivity contribution in [1.82, 2.24) is 75.3 Å². The summed E-state index contributed by atoms with van der Waals surface area (Å²) in [5.74, 6) is -3.02. The molecule has 2 saturated heterocycles. The lowest BCUT2D eigenvalue weighted by atomic mass is 10.0. The van der Waals surface area contributed by atoms with E-state index in [-0.39, 0.29) is 139 Å². The van der Waals surface area contributed by atoms with Gasteiger partial charge in [0.25, 0.3) is 35.4 Å². The van der Waals surface area contributed by atoms with Crippen molar-refractivity contribution in [3.05, 3.63) is 192 Å². The molecule has 632 valence electrons. The van der Waals surface area contributed by atoms with Crippen LogP contribution in [0.5, 0.6) is 52.1 Å². The second kappa shape index (κ2) is 37.3. The lowest BCUT2D eigenvalue weighted by Crippen LogP contribution is -2.43. The lowest BCUT2D eigenvalue weighted by Gasteiger charge is -2.29. The summed E-state index contributed by atoms with van der Waals surface area (Å²) < 4.78 is 106. The number of anilines is 6. The van der Waals surface area contributed by atoms with E-state index in [1.54, 1.807) is 80.3 Å². The van der Waals surface area contributed by atoms with Crippen LogP contribution in [0.4, 0.5) is 56.9 Å². The maximum Gasteiger partial charge on any atom is 0.423 e. The number of hydrogen-bond donors (Lipinski definition) is 6. The van der Waals surface area contributed by atoms with Gasteiger partial charge in [0.2, 0.25) is 35.5 Å². The van der Waals surface area contributed by atoms with Crippen molar-refractivity contribution in [2.24, 2.45) is 0 Å². The minimum Gasteiger partial charge on any atom is -0.495 e. The average molecular weight is 1700 g/mol. The number of aryl methyl sites for hydroxylation is 1. The highest BCUT2D eigenvalue weighted by Crippen LogP contribution is 2.45. The van der Waals surface area contributed by atoms with E-state index in [0.717, 1.165) is 75.1 Å². The topological polar surface area (TPSA) is 327 Å². The zero-order valence-electron chi connectivity index (χ0n) is 67.9. The molecule has 6 aromatic carbocycles. The van der Waals surface area contributed by atoms with Gasteiger partial charge in [0.05, 0.1) is 90.7 Å². The van der Waals surface area contributed by atoms with Gasteiger partial charge in [-0.05, 0) is 166 Å². The van der Waals surface area contributed by atoms with E-state index in [4.69, 9.17) is 51.6 Å². The summed E-state index contributed by atoms with van der Waals surface area (Å²) >= 11 is 12.6. The highest BCUT2D eigenvalue weighted by Gasteiger charge is 2.40. The third-order valence-corrected chi connectivity index (χ3v) is 21.5. The van der Waals surface area contributed by atoms with Crippen LogP contribution in [0.1, 0.15) is 142 Å². The molecule has 2 fully saturated rings. The second-order valence-corrected chi connectivity index (χ2v) is 30.3. The number of fused-ring (bicyclic) bond motifs is 3. The Kier molecular flexibility index (Phi) is 27.1. The monoisotopic (exact) mass is 1690 g/mol. The quantitative estimate of drug-likeness (QED) is 0.0324. The molecule has 0 bridgehead atoms. The molecule has 5 aliphatic heterocycles. The highest BCUT2D eigenvalue weighted by molar-refractivity contribution is 6.32. The number of hydrogen-bond acceptors (Lipinski definition) is 24. The number of nitrogens with zero attached hydrogens (tertiary/aromatic N) is 12. The molecule has 30 nitrogen and oxygen atoms in total. The number of piperidine rings is 2. The van der Waals surface area contributed by atoms with Gasteiger partial charge in [0.1, 0.15) is 61.7 Å². The number of carbonyl (C=O) groups is 6. The molecule has 14 rings (SSSR count). The molecule has 0 radical (unpaired) electrons. The number of likely N-dealkylation sites (tertiary alicyclic amines) is 2. The Hall–Kier alpha value is -12.3. The minimum absolute atomic E-state index is 0.0103. The number of ether oxygens (including phenoxy) is 6. The summed E-state index contributed by atoms with van der Waals surface area (Å²) in [6.45, 7) is 10.5. The van der Waals surface area contributed by atoms with Gasteiger partial charge in [0, 0.05) is 76.8 Å². The first-order valence-electron chi connectivity index (χ1n) is 38.1. The molecular weight excluding hydrogens is 1610 g/mol. The van der Waals surface area contributed by atoms with Crippen LogP contribution in [0.3, 0.4) is 0 Å². The van der Waals surface area contributed by atoms with Crippen molar-refractivity contribution in [2.75, 3.05) is 126 Å². The van der Waals surface area contributed by atoms with E-state index < -0.39 is 41.1 Å². The van der Waals surface area contributed by atoms with Crippen molar-refractivity contribution < 1.29 is 79.1 Å². The van der Waals surface area contributed by atoms with Crippen LogP contribution in [0.25, 0.3) is 0 Å². The molecule has 5 aliphatic rings. The van der Waals surface area contributed by atoms with E-state index in [0.29, 0.717) is 70.8 Å². The second-order valence-electron chi connectivity index (χ2n) is 29.5. The van der Waals surface area contributed by atoms with Crippen molar-refractivity contribution in [3.8, 4) is 52.1 Å². The number of halogens is 7. The van der Waals surface area contributed by atoms with Crippen LogP contribution in [0.15, 0.2) is 110 Å². The number of nitrogens with one attached hydrogen (secondary N) is 6. The first kappa shape index (κ1) is 87.0. The Bertz CT molecular complexity index is 5190. The third kappa shape index (κ3) is 19.7. The van der Waals surface area contributed by atoms with Gasteiger partial charge in [-0.2, -0.15) is 28.1 Å². The predicted molar refractivity (Wildman–Crippen MR) is 438 cm³/mol. The molecule has 0 spiro atoms. The summed E-state index contributed by atoms with van der Waals surface area (Å²) in [6, 6.07) is 23.3. The molecule has 0 aliphatic carbocycles. The van der Waals surface area contributed by atoms with E-state index in [9.17, 15) is 41.9 Å². The highest BCUT2D eigenvalue weighted by atomic mass is 35.5. The first-order valence-corrected chi connectivity index (χ1v) is 38.8. The van der Waals surface area contributed by atoms with Crippen molar-refractivity contribution in [3.63, 3.8) is 0 Å². The smallest absolute Gasteiger partial charge is 0.423 e. The summed E-state index contributed by atoms with van der Waals surface area (Å²) in [5.41, 5.74) is 3.65. The Morgan fingerprint density at radius 2 is 0.925 bits per heavy atom. The van der Waals surface area contributed by atoms with Crippen LogP contribution < -0.4 is 60.3 Å². The zero-order chi connectivity index (χ0) is 86.3. The Morgan fingerprint density at radius 1 is 0.525 bits per heavy atom. The number of alkyl halides is 3. The summed E-state index contributed by atoms with van der Waals surface area (Å²) in [7, 11) is 17.1. The molecule has 9 aromatic rings. The normalized spacial score (nSPS) is 16.0. The fourth-order valence-electron chi connectivity index (χ4n) is 13.9. The molecule has 3 aromatic heterocycles. The van der Waals surface area contributed by atoms with E-state index in [2.05, 4.69) is 71.6 Å².